The summed E-state index contributed by atoms with van der Waals surface area (Å²) in [7, 11) is 1.35. The number of carbonyl (C=O) groups is 3. The lowest BCUT2D eigenvalue weighted by Crippen LogP contribution is -2.33. The van der Waals surface area contributed by atoms with Gasteiger partial charge in [-0.2, -0.15) is 0 Å². The van der Waals surface area contributed by atoms with E-state index < -0.39 is 5.97 Å². The number of ether oxygens (including phenoxy) is 1. The van der Waals surface area contributed by atoms with Crippen molar-refractivity contribution in [2.45, 2.75) is 32.7 Å². The number of methoxy groups -OCH3 is 1. The van der Waals surface area contributed by atoms with Gasteiger partial charge in [-0.15, -0.1) is 0 Å². The summed E-state index contributed by atoms with van der Waals surface area (Å²) < 4.78 is 7.04. The molecule has 5 rings (SSSR count). The summed E-state index contributed by atoms with van der Waals surface area (Å²) in [5, 5.41) is 4.53. The number of nitrogens with one attached hydrogen (secondary N) is 1. The zero-order valence-electron chi connectivity index (χ0n) is 19.0. The second-order valence-electron chi connectivity index (χ2n) is 8.76. The quantitative estimate of drug-likeness (QED) is 0.614. The predicted octanol–water partition coefficient (Wildman–Crippen LogP) is 4.21. The van der Waals surface area contributed by atoms with Gasteiger partial charge < -0.3 is 14.6 Å². The highest BCUT2D eigenvalue weighted by Crippen LogP contribution is 2.46. The van der Waals surface area contributed by atoms with Crippen LogP contribution in [0.5, 0.6) is 0 Å². The first-order valence-electron chi connectivity index (χ1n) is 11.0. The van der Waals surface area contributed by atoms with E-state index in [1.165, 1.54) is 18.9 Å². The summed E-state index contributed by atoms with van der Waals surface area (Å²) in [5.74, 6) is -1.37. The summed E-state index contributed by atoms with van der Waals surface area (Å²) in [5.41, 5.74) is 5.61. The van der Waals surface area contributed by atoms with Crippen molar-refractivity contribution in [3.05, 3.63) is 76.6 Å². The number of esters is 1. The number of carbonyl (C=O) groups excluding carboxylic acids is 3. The molecule has 33 heavy (non-hydrogen) atoms. The van der Waals surface area contributed by atoms with Crippen molar-refractivity contribution < 1.29 is 19.1 Å². The van der Waals surface area contributed by atoms with Crippen LogP contribution in [-0.2, 0) is 14.3 Å². The van der Waals surface area contributed by atoms with Crippen LogP contribution in [0.4, 0.5) is 5.69 Å². The molecule has 3 heterocycles. The van der Waals surface area contributed by atoms with Crippen molar-refractivity contribution in [2.75, 3.05) is 19.0 Å². The van der Waals surface area contributed by atoms with E-state index in [1.54, 1.807) is 12.1 Å². The van der Waals surface area contributed by atoms with E-state index in [-0.39, 0.29) is 30.3 Å². The minimum absolute atomic E-state index is 0.213. The molecule has 2 amide bonds. The molecule has 1 aromatic heterocycles. The maximum atomic E-state index is 13.5. The van der Waals surface area contributed by atoms with E-state index in [2.05, 4.69) is 36.0 Å². The van der Waals surface area contributed by atoms with Crippen molar-refractivity contribution in [3.8, 4) is 0 Å². The Hall–Kier alpha value is -3.87. The lowest BCUT2D eigenvalue weighted by Gasteiger charge is -2.19. The number of hydrogen-bond donors (Lipinski definition) is 1. The van der Waals surface area contributed by atoms with E-state index in [4.69, 9.17) is 4.74 Å². The van der Waals surface area contributed by atoms with E-state index in [0.29, 0.717) is 11.1 Å². The molecule has 1 N–H and O–H groups in total. The Bertz CT molecular complexity index is 1350. The van der Waals surface area contributed by atoms with E-state index in [1.807, 2.05) is 24.3 Å². The fourth-order valence-corrected chi connectivity index (χ4v) is 4.94. The molecule has 7 heteroatoms. The molecule has 0 saturated carbocycles. The van der Waals surface area contributed by atoms with Gasteiger partial charge >= 0.3 is 5.97 Å². The number of anilines is 1. The Labute approximate surface area is 191 Å². The molecule has 2 aromatic carbocycles. The highest BCUT2D eigenvalue weighted by atomic mass is 16.5. The van der Waals surface area contributed by atoms with Gasteiger partial charge in [0.25, 0.3) is 5.91 Å². The smallest absolute Gasteiger partial charge is 0.337 e. The summed E-state index contributed by atoms with van der Waals surface area (Å²) in [6.07, 6.45) is 2.11. The van der Waals surface area contributed by atoms with Crippen molar-refractivity contribution in [1.82, 2.24) is 9.47 Å². The van der Waals surface area contributed by atoms with Crippen LogP contribution in [0.25, 0.3) is 10.9 Å². The number of hydrogen-bond acceptors (Lipinski definition) is 5. The van der Waals surface area contributed by atoms with Crippen LogP contribution >= 0.6 is 0 Å². The van der Waals surface area contributed by atoms with E-state index >= 15 is 0 Å². The Morgan fingerprint density at radius 3 is 2.48 bits per heavy atom. The van der Waals surface area contributed by atoms with Gasteiger partial charge in [0.05, 0.1) is 30.3 Å². The van der Waals surface area contributed by atoms with Crippen LogP contribution in [0.15, 0.2) is 59.9 Å². The maximum absolute atomic E-state index is 13.5. The first kappa shape index (κ1) is 21.0. The molecule has 168 valence electrons. The Morgan fingerprint density at radius 2 is 1.85 bits per heavy atom. The van der Waals surface area contributed by atoms with Gasteiger partial charge in [0.1, 0.15) is 0 Å². The molecule has 0 spiro atoms. The number of rotatable bonds is 3. The minimum Gasteiger partial charge on any atom is -0.465 e. The van der Waals surface area contributed by atoms with Crippen LogP contribution in [-0.4, -0.2) is 40.9 Å². The third-order valence-electron chi connectivity index (χ3n) is 6.49. The van der Waals surface area contributed by atoms with Gasteiger partial charge in [0.2, 0.25) is 5.91 Å². The van der Waals surface area contributed by atoms with Gasteiger partial charge in [-0.1, -0.05) is 18.2 Å². The molecular formula is C26H25N3O4. The summed E-state index contributed by atoms with van der Waals surface area (Å²) in [4.78, 5) is 38.9. The summed E-state index contributed by atoms with van der Waals surface area (Å²) in [6, 6.07) is 13.5. The molecule has 3 aromatic rings. The van der Waals surface area contributed by atoms with Gasteiger partial charge in [-0.3, -0.25) is 14.5 Å². The predicted molar refractivity (Wildman–Crippen MR) is 125 cm³/mol. The lowest BCUT2D eigenvalue weighted by atomic mass is 9.84. The molecule has 2 aliphatic heterocycles. The number of benzene rings is 2. The Morgan fingerprint density at radius 1 is 1.12 bits per heavy atom. The fraction of sp³-hybridized carbons (Fsp3) is 0.269. The van der Waals surface area contributed by atoms with Crippen LogP contribution in [0.3, 0.4) is 0 Å². The molecule has 1 unspecified atom stereocenters. The molecule has 7 nitrogen and oxygen atoms in total. The van der Waals surface area contributed by atoms with Crippen molar-refractivity contribution in [1.29, 1.82) is 0 Å². The minimum atomic E-state index is -0.414. The van der Waals surface area contributed by atoms with Crippen LogP contribution in [0.2, 0.25) is 0 Å². The Balaban J connectivity index is 1.77. The zero-order chi connectivity index (χ0) is 23.4. The van der Waals surface area contributed by atoms with Crippen molar-refractivity contribution >= 4 is 34.4 Å². The third kappa shape index (κ3) is 3.15. The highest BCUT2D eigenvalue weighted by Gasteiger charge is 2.41. The monoisotopic (exact) mass is 443 g/mol. The standard InChI is InChI=1S/C26H25N3O4/c1-14(2)28-12-18-22(16-8-10-17(11-9-16)26(32)33-4)24-20(13-29(15(3)30)25(24)31)27-19-6-5-7-21(28)23(18)19/h5-12,14,22,27H,13H2,1-4H3. The summed E-state index contributed by atoms with van der Waals surface area (Å²) >= 11 is 0. The molecule has 0 aliphatic carbocycles. The van der Waals surface area contributed by atoms with Crippen LogP contribution < -0.4 is 5.32 Å². The average molecular weight is 444 g/mol. The molecule has 0 saturated heterocycles. The summed E-state index contributed by atoms with van der Waals surface area (Å²) in [6.45, 7) is 5.87. The number of amides is 2. The molecule has 1 atom stereocenters. The zero-order valence-corrected chi connectivity index (χ0v) is 19.0. The molecular weight excluding hydrogens is 418 g/mol. The van der Waals surface area contributed by atoms with E-state index in [0.717, 1.165) is 33.4 Å². The highest BCUT2D eigenvalue weighted by molar-refractivity contribution is 6.11. The second-order valence-corrected chi connectivity index (χ2v) is 8.76. The lowest BCUT2D eigenvalue weighted by molar-refractivity contribution is -0.139. The molecule has 0 bridgehead atoms. The second kappa shape index (κ2) is 7.62. The third-order valence-corrected chi connectivity index (χ3v) is 6.49. The van der Waals surface area contributed by atoms with Crippen LogP contribution in [0.1, 0.15) is 54.2 Å². The molecule has 0 radical (unpaired) electrons. The van der Waals surface area contributed by atoms with Crippen molar-refractivity contribution in [2.24, 2.45) is 0 Å². The molecule has 0 fully saturated rings. The normalized spacial score (nSPS) is 17.3. The largest absolute Gasteiger partial charge is 0.465 e. The Kier molecular flexibility index (Phi) is 4.85. The SMILES string of the molecule is COC(=O)c1ccc(C2C3=C(CN(C(C)=O)C3=O)Nc3cccc4c3c2cn4C(C)C)cc1. The topological polar surface area (TPSA) is 80.6 Å². The number of imide groups is 1. The fourth-order valence-electron chi connectivity index (χ4n) is 4.94. The van der Waals surface area contributed by atoms with Crippen LogP contribution in [0, 0.1) is 0 Å². The van der Waals surface area contributed by atoms with Gasteiger partial charge in [0, 0.05) is 41.9 Å². The first-order valence-corrected chi connectivity index (χ1v) is 11.0. The van der Waals surface area contributed by atoms with Gasteiger partial charge in [0.15, 0.2) is 0 Å². The number of aromatic nitrogens is 1. The molecule has 2 aliphatic rings. The first-order chi connectivity index (χ1) is 15.8. The van der Waals surface area contributed by atoms with Gasteiger partial charge in [-0.05, 0) is 49.2 Å². The van der Waals surface area contributed by atoms with Gasteiger partial charge in [-0.25, -0.2) is 4.79 Å². The average Bonchev–Trinajstić information content (AvgIpc) is 3.29. The number of nitrogens with zero attached hydrogens (tertiary/aromatic N) is 2. The maximum Gasteiger partial charge on any atom is 0.337 e. The van der Waals surface area contributed by atoms with E-state index in [9.17, 15) is 14.4 Å². The van der Waals surface area contributed by atoms with Crippen molar-refractivity contribution in [3.63, 3.8) is 0 Å².